The number of carbonyl (C=O) groups excluding carboxylic acids is 3. The molecule has 1 heterocycles. The van der Waals surface area contributed by atoms with Gasteiger partial charge in [0.1, 0.15) is 11.7 Å². The van der Waals surface area contributed by atoms with Gasteiger partial charge in [-0.3, -0.25) is 9.59 Å². The van der Waals surface area contributed by atoms with Crippen molar-refractivity contribution in [1.82, 2.24) is 5.32 Å². The summed E-state index contributed by atoms with van der Waals surface area (Å²) < 4.78 is 14.2. The number of carbonyl (C=O) groups is 3. The Morgan fingerprint density at radius 1 is 1.23 bits per heavy atom. The first kappa shape index (κ1) is 18.3. The number of urea groups is 1. The maximum atomic E-state index is 13.3. The molecule has 1 aliphatic heterocycles. The third-order valence-corrected chi connectivity index (χ3v) is 4.59. The van der Waals surface area contributed by atoms with Gasteiger partial charge in [0.05, 0.1) is 10.7 Å². The summed E-state index contributed by atoms with van der Waals surface area (Å²) in [6, 6.07) is 9.57. The molecule has 1 fully saturated rings. The van der Waals surface area contributed by atoms with Gasteiger partial charge in [-0.2, -0.15) is 0 Å². The zero-order valence-electron chi connectivity index (χ0n) is 13.1. The second-order valence-corrected chi connectivity index (χ2v) is 6.83. The highest BCUT2D eigenvalue weighted by Crippen LogP contribution is 2.26. The van der Waals surface area contributed by atoms with Crippen molar-refractivity contribution in [2.24, 2.45) is 5.92 Å². The third-order valence-electron chi connectivity index (χ3n) is 3.77. The second-order valence-electron chi connectivity index (χ2n) is 5.51. The number of imide groups is 1. The predicted octanol–water partition coefficient (Wildman–Crippen LogP) is 3.55. The number of halogens is 3. The maximum Gasteiger partial charge on any atom is 0.328 e. The monoisotopic (exact) mass is 439 g/mol. The van der Waals surface area contributed by atoms with Crippen LogP contribution in [0, 0.1) is 11.7 Å². The van der Waals surface area contributed by atoms with Crippen molar-refractivity contribution in [3.63, 3.8) is 0 Å². The summed E-state index contributed by atoms with van der Waals surface area (Å²) in [6.07, 6.45) is 0. The Morgan fingerprint density at radius 2 is 1.92 bits per heavy atom. The number of amides is 4. The summed E-state index contributed by atoms with van der Waals surface area (Å²) in [4.78, 5) is 38.0. The molecule has 0 spiro atoms. The molecule has 0 bridgehead atoms. The van der Waals surface area contributed by atoms with E-state index in [1.165, 1.54) is 6.07 Å². The van der Waals surface area contributed by atoms with Gasteiger partial charge in [-0.1, -0.05) is 27.5 Å². The van der Waals surface area contributed by atoms with Gasteiger partial charge in [0.2, 0.25) is 11.8 Å². The maximum absolute atomic E-state index is 13.3. The van der Waals surface area contributed by atoms with Crippen LogP contribution in [0.2, 0.25) is 5.02 Å². The van der Waals surface area contributed by atoms with Crippen molar-refractivity contribution in [3.05, 3.63) is 57.8 Å². The van der Waals surface area contributed by atoms with Crippen LogP contribution >= 0.6 is 27.5 Å². The summed E-state index contributed by atoms with van der Waals surface area (Å²) in [7, 11) is 0. The van der Waals surface area contributed by atoms with Gasteiger partial charge in [0.25, 0.3) is 0 Å². The largest absolute Gasteiger partial charge is 0.336 e. The quantitative estimate of drug-likeness (QED) is 0.717. The molecule has 26 heavy (non-hydrogen) atoms. The average Bonchev–Trinajstić information content (AvgIpc) is 2.60. The van der Waals surface area contributed by atoms with Crippen molar-refractivity contribution in [2.75, 3.05) is 16.8 Å². The van der Waals surface area contributed by atoms with Crippen LogP contribution in [0.3, 0.4) is 0 Å². The lowest BCUT2D eigenvalue weighted by Gasteiger charge is -2.30. The molecule has 1 atom stereocenters. The molecule has 3 rings (SSSR count). The highest BCUT2D eigenvalue weighted by atomic mass is 79.9. The first-order valence-electron chi connectivity index (χ1n) is 7.50. The zero-order valence-corrected chi connectivity index (χ0v) is 15.5. The molecular weight excluding hydrogens is 429 g/mol. The van der Waals surface area contributed by atoms with Crippen molar-refractivity contribution in [1.29, 1.82) is 0 Å². The molecule has 0 aromatic heterocycles. The Hall–Kier alpha value is -2.45. The van der Waals surface area contributed by atoms with E-state index in [-0.39, 0.29) is 17.3 Å². The first-order chi connectivity index (χ1) is 12.4. The topological polar surface area (TPSA) is 78.5 Å². The van der Waals surface area contributed by atoms with E-state index in [1.807, 2.05) is 0 Å². The molecule has 0 radical (unpaired) electrons. The summed E-state index contributed by atoms with van der Waals surface area (Å²) >= 11 is 9.01. The van der Waals surface area contributed by atoms with E-state index >= 15 is 0 Å². The highest BCUT2D eigenvalue weighted by Gasteiger charge is 2.39. The smallest absolute Gasteiger partial charge is 0.328 e. The average molecular weight is 441 g/mol. The van der Waals surface area contributed by atoms with E-state index in [1.54, 1.807) is 24.3 Å². The van der Waals surface area contributed by atoms with Gasteiger partial charge >= 0.3 is 6.03 Å². The van der Waals surface area contributed by atoms with Crippen LogP contribution in [0.15, 0.2) is 46.9 Å². The Morgan fingerprint density at radius 3 is 2.58 bits per heavy atom. The number of nitrogens with zero attached hydrogens (tertiary/aromatic N) is 1. The summed E-state index contributed by atoms with van der Waals surface area (Å²) in [5, 5.41) is 4.88. The number of hydrogen-bond donors (Lipinski definition) is 2. The Kier molecular flexibility index (Phi) is 5.24. The lowest BCUT2D eigenvalue weighted by Crippen LogP contribution is -2.58. The molecule has 4 amide bonds. The summed E-state index contributed by atoms with van der Waals surface area (Å²) in [6.45, 7) is -0.133. The minimum absolute atomic E-state index is 0.0834. The zero-order chi connectivity index (χ0) is 18.8. The summed E-state index contributed by atoms with van der Waals surface area (Å²) in [5.74, 6) is -3.08. The van der Waals surface area contributed by atoms with Crippen LogP contribution in [0.4, 0.5) is 20.6 Å². The van der Waals surface area contributed by atoms with Crippen LogP contribution in [0.25, 0.3) is 0 Å². The molecule has 2 aromatic carbocycles. The van der Waals surface area contributed by atoms with Crippen molar-refractivity contribution >= 4 is 56.8 Å². The van der Waals surface area contributed by atoms with E-state index in [4.69, 9.17) is 11.6 Å². The van der Waals surface area contributed by atoms with Crippen LogP contribution < -0.4 is 15.5 Å². The second kappa shape index (κ2) is 7.43. The van der Waals surface area contributed by atoms with Crippen LogP contribution in [-0.4, -0.2) is 24.4 Å². The number of nitrogens with one attached hydrogen (secondary N) is 2. The number of rotatable bonds is 3. The lowest BCUT2D eigenvalue weighted by atomic mass is 10.0. The molecule has 2 N–H and O–H groups in total. The Bertz CT molecular complexity index is 891. The van der Waals surface area contributed by atoms with Crippen molar-refractivity contribution < 1.29 is 18.8 Å². The van der Waals surface area contributed by atoms with Crippen LogP contribution in [0.5, 0.6) is 0 Å². The molecule has 6 nitrogen and oxygen atoms in total. The minimum atomic E-state index is -1.12. The van der Waals surface area contributed by atoms with Gasteiger partial charge in [-0.25, -0.2) is 14.1 Å². The number of hydrogen-bond acceptors (Lipinski definition) is 3. The van der Waals surface area contributed by atoms with Gasteiger partial charge in [-0.15, -0.1) is 0 Å². The molecule has 0 saturated carbocycles. The van der Waals surface area contributed by atoms with Crippen molar-refractivity contribution in [3.8, 4) is 0 Å². The molecule has 1 saturated heterocycles. The van der Waals surface area contributed by atoms with E-state index < -0.39 is 29.6 Å². The Balaban J connectivity index is 1.81. The van der Waals surface area contributed by atoms with Gasteiger partial charge in [-0.05, 0) is 42.5 Å². The van der Waals surface area contributed by atoms with E-state index in [2.05, 4.69) is 26.6 Å². The first-order valence-corrected chi connectivity index (χ1v) is 8.67. The third kappa shape index (κ3) is 3.71. The van der Waals surface area contributed by atoms with E-state index in [0.717, 1.165) is 21.5 Å². The SMILES string of the molecule is O=C(Nc1ccc(Br)cc1)C1CNC(=O)N(c2ccc(F)c(Cl)c2)C1=O. The molecule has 1 unspecified atom stereocenters. The fraction of sp³-hybridized carbons (Fsp3) is 0.118. The van der Waals surface area contributed by atoms with Gasteiger partial charge < -0.3 is 10.6 Å². The standard InChI is InChI=1S/C17H12BrClFN3O3/c18-9-1-3-10(4-2-9)22-15(24)12-8-21-17(26)23(16(12)25)11-5-6-14(20)13(19)7-11/h1-7,12H,8H2,(H,21,26)(H,22,24). The highest BCUT2D eigenvalue weighted by molar-refractivity contribution is 9.10. The molecular formula is C17H12BrClFN3O3. The number of benzene rings is 2. The fourth-order valence-electron chi connectivity index (χ4n) is 2.45. The van der Waals surface area contributed by atoms with Gasteiger partial charge in [0, 0.05) is 16.7 Å². The number of anilines is 2. The molecule has 134 valence electrons. The molecule has 0 aliphatic carbocycles. The van der Waals surface area contributed by atoms with Crippen LogP contribution in [0.1, 0.15) is 0 Å². The molecule has 9 heteroatoms. The van der Waals surface area contributed by atoms with E-state index in [0.29, 0.717) is 5.69 Å². The Labute approximate surface area is 161 Å². The minimum Gasteiger partial charge on any atom is -0.336 e. The molecule has 1 aliphatic rings. The van der Waals surface area contributed by atoms with Gasteiger partial charge in [0.15, 0.2) is 0 Å². The lowest BCUT2D eigenvalue weighted by molar-refractivity contribution is -0.130. The van der Waals surface area contributed by atoms with E-state index in [9.17, 15) is 18.8 Å². The predicted molar refractivity (Wildman–Crippen MR) is 98.6 cm³/mol. The molecule has 2 aromatic rings. The normalized spacial score (nSPS) is 17.0. The fourth-order valence-corrected chi connectivity index (χ4v) is 2.89. The van der Waals surface area contributed by atoms with Crippen molar-refractivity contribution in [2.45, 2.75) is 0 Å². The van der Waals surface area contributed by atoms with Crippen LogP contribution in [-0.2, 0) is 9.59 Å². The summed E-state index contributed by atoms with van der Waals surface area (Å²) in [5.41, 5.74) is 0.597.